The smallest absolute Gasteiger partial charge is 0.368 e. The predicted molar refractivity (Wildman–Crippen MR) is 184 cm³/mol. The minimum atomic E-state index is -4.29. The van der Waals surface area contributed by atoms with Gasteiger partial charge in [0.2, 0.25) is 5.95 Å². The molecule has 4 aromatic rings. The first-order valence-corrected chi connectivity index (χ1v) is 19.0. The number of alkyl halides is 3. The quantitative estimate of drug-likeness (QED) is 0.223. The zero-order valence-electron chi connectivity index (χ0n) is 27.4. The van der Waals surface area contributed by atoms with Gasteiger partial charge in [-0.1, -0.05) is 6.07 Å². The molecule has 256 valence electrons. The minimum Gasteiger partial charge on any atom is -0.368 e. The number of piperidine rings is 2. The van der Waals surface area contributed by atoms with Crippen molar-refractivity contribution in [1.82, 2.24) is 24.3 Å². The van der Waals surface area contributed by atoms with Crippen molar-refractivity contribution in [3.8, 4) is 0 Å². The third-order valence-corrected chi connectivity index (χ3v) is 12.7. The summed E-state index contributed by atoms with van der Waals surface area (Å²) in [5.41, 5.74) is 10.9. The van der Waals surface area contributed by atoms with Crippen molar-refractivity contribution in [3.05, 3.63) is 46.0 Å². The molecule has 0 aliphatic carbocycles. The number of benzene rings is 1. The van der Waals surface area contributed by atoms with E-state index < -0.39 is 22.4 Å². The van der Waals surface area contributed by atoms with Gasteiger partial charge in [0.1, 0.15) is 20.5 Å². The van der Waals surface area contributed by atoms with Gasteiger partial charge < -0.3 is 15.6 Å². The third kappa shape index (κ3) is 7.71. The molecule has 1 atom stereocenters. The lowest BCUT2D eigenvalue weighted by Crippen LogP contribution is -2.44. The highest BCUT2D eigenvalue weighted by molar-refractivity contribution is 7.91. The molecule has 0 bridgehead atoms. The van der Waals surface area contributed by atoms with Crippen LogP contribution in [0.25, 0.3) is 21.1 Å². The number of thiophene rings is 1. The highest BCUT2D eigenvalue weighted by Gasteiger charge is 2.31. The lowest BCUT2D eigenvalue weighted by Gasteiger charge is -2.36. The van der Waals surface area contributed by atoms with Crippen molar-refractivity contribution in [2.24, 2.45) is 0 Å². The Balaban J connectivity index is 1.07. The van der Waals surface area contributed by atoms with E-state index in [9.17, 15) is 21.6 Å². The number of rotatable bonds is 9. The molecule has 14 heteroatoms. The number of nitrogen functional groups attached to an aromatic ring is 1. The van der Waals surface area contributed by atoms with Crippen LogP contribution in [0.5, 0.6) is 0 Å². The van der Waals surface area contributed by atoms with Crippen LogP contribution in [0.1, 0.15) is 54.3 Å². The van der Waals surface area contributed by atoms with Crippen LogP contribution in [0.15, 0.2) is 24.3 Å². The fourth-order valence-electron chi connectivity index (χ4n) is 7.24. The van der Waals surface area contributed by atoms with Crippen LogP contribution in [-0.2, 0) is 29.3 Å². The van der Waals surface area contributed by atoms with Crippen molar-refractivity contribution < 1.29 is 21.6 Å². The summed E-state index contributed by atoms with van der Waals surface area (Å²) in [5.74, 6) is 0.556. The first kappa shape index (κ1) is 33.9. The number of aryl methyl sites for hydroxylation is 2. The molecule has 2 saturated heterocycles. The Hall–Kier alpha value is -2.94. The average molecular weight is 692 g/mol. The van der Waals surface area contributed by atoms with Crippen molar-refractivity contribution in [3.63, 3.8) is 0 Å². The van der Waals surface area contributed by atoms with Gasteiger partial charge in [0.05, 0.1) is 17.1 Å². The number of nitrogens with zero attached hydrogens (tertiary/aromatic N) is 5. The Morgan fingerprint density at radius 3 is 2.40 bits per heavy atom. The molecular formula is C33H44F3N7O2S2. The van der Waals surface area contributed by atoms with Crippen LogP contribution in [0.4, 0.5) is 24.9 Å². The normalized spacial score (nSPS) is 18.8. The summed E-state index contributed by atoms with van der Waals surface area (Å²) in [6, 6.07) is 8.73. The molecular weight excluding hydrogens is 648 g/mol. The number of likely N-dealkylation sites (tertiary alicyclic amines) is 2. The summed E-state index contributed by atoms with van der Waals surface area (Å²) < 4.78 is 65.4. The van der Waals surface area contributed by atoms with E-state index >= 15 is 0 Å². The van der Waals surface area contributed by atoms with Crippen molar-refractivity contribution in [1.29, 1.82) is 0 Å². The van der Waals surface area contributed by atoms with E-state index in [0.29, 0.717) is 34.9 Å². The largest absolute Gasteiger partial charge is 0.393 e. The van der Waals surface area contributed by atoms with Crippen molar-refractivity contribution in [2.45, 2.75) is 89.5 Å². The second kappa shape index (κ2) is 13.2. The standard InChI is InChI=1S/C33H44F3N7O2S2/c1-20-15-27-22(3)23(5-6-29(27)43(20)18-21(2)42-13-9-26(10-14-42)47(4,44)45)19-41-11-7-24(8-12-41)38-30-28-16-25(17-33(34,35)36)46-31(28)40-32(37)39-30/h5-6,15-16,21,24,26H,7-14,17-19H2,1-4H3,(H3,37,38,39,40)/t21-/m0/s1. The molecule has 2 fully saturated rings. The SMILES string of the molecule is Cc1c(CN2CCC(Nc3nc(N)nc4sc(CC(F)(F)F)cc34)CC2)ccc2c1cc(C)n2C[C@H](C)N1CCC(S(C)(=O)=O)CC1. The van der Waals surface area contributed by atoms with Crippen LogP contribution in [0.3, 0.4) is 0 Å². The van der Waals surface area contributed by atoms with Gasteiger partial charge >= 0.3 is 6.18 Å². The Morgan fingerprint density at radius 1 is 1.04 bits per heavy atom. The number of anilines is 2. The number of hydrogen-bond donors (Lipinski definition) is 2. The first-order valence-electron chi connectivity index (χ1n) is 16.3. The minimum absolute atomic E-state index is 0.0523. The van der Waals surface area contributed by atoms with Crippen molar-refractivity contribution >= 4 is 54.1 Å². The number of nitrogens with one attached hydrogen (secondary N) is 1. The molecule has 6 rings (SSSR count). The summed E-state index contributed by atoms with van der Waals surface area (Å²) >= 11 is 1.01. The number of sulfone groups is 1. The van der Waals surface area contributed by atoms with Gasteiger partial charge in [0.25, 0.3) is 0 Å². The summed E-state index contributed by atoms with van der Waals surface area (Å²) in [4.78, 5) is 14.0. The highest BCUT2D eigenvalue weighted by Crippen LogP contribution is 2.34. The van der Waals surface area contributed by atoms with Crippen LogP contribution >= 0.6 is 11.3 Å². The van der Waals surface area contributed by atoms with E-state index in [1.807, 2.05) is 0 Å². The van der Waals surface area contributed by atoms with Gasteiger partial charge in [-0.2, -0.15) is 18.2 Å². The van der Waals surface area contributed by atoms with E-state index in [4.69, 9.17) is 5.73 Å². The molecule has 1 aromatic carbocycles. The van der Waals surface area contributed by atoms with Crippen molar-refractivity contribution in [2.75, 3.05) is 43.5 Å². The predicted octanol–water partition coefficient (Wildman–Crippen LogP) is 5.92. The van der Waals surface area contributed by atoms with E-state index in [0.717, 1.165) is 63.4 Å². The maximum atomic E-state index is 13.0. The van der Waals surface area contributed by atoms with E-state index in [-0.39, 0.29) is 22.1 Å². The van der Waals surface area contributed by atoms with Gasteiger partial charge in [-0.15, -0.1) is 11.3 Å². The van der Waals surface area contributed by atoms with Gasteiger partial charge in [0.15, 0.2) is 0 Å². The fourth-order valence-corrected chi connectivity index (χ4v) is 9.38. The molecule has 0 saturated carbocycles. The van der Waals surface area contributed by atoms with Crippen LogP contribution in [0.2, 0.25) is 0 Å². The van der Waals surface area contributed by atoms with Gasteiger partial charge in [-0.25, -0.2) is 13.4 Å². The van der Waals surface area contributed by atoms with Crippen LogP contribution in [-0.4, -0.2) is 88.7 Å². The van der Waals surface area contributed by atoms with Gasteiger partial charge in [-0.05, 0) is 88.9 Å². The molecule has 3 N–H and O–H groups in total. The molecule has 0 spiro atoms. The summed E-state index contributed by atoms with van der Waals surface area (Å²) in [5, 5.41) is 5.09. The molecule has 0 unspecified atom stereocenters. The Labute approximate surface area is 278 Å². The Morgan fingerprint density at radius 2 is 1.74 bits per heavy atom. The second-order valence-electron chi connectivity index (χ2n) is 13.4. The van der Waals surface area contributed by atoms with Gasteiger partial charge in [-0.3, -0.25) is 9.80 Å². The number of fused-ring (bicyclic) bond motifs is 2. The molecule has 9 nitrogen and oxygen atoms in total. The molecule has 2 aliphatic heterocycles. The average Bonchev–Trinajstić information content (AvgIpc) is 3.54. The zero-order valence-corrected chi connectivity index (χ0v) is 29.0. The first-order chi connectivity index (χ1) is 22.1. The Bertz CT molecular complexity index is 1860. The summed E-state index contributed by atoms with van der Waals surface area (Å²) in [6.07, 6.45) is -0.774. The second-order valence-corrected chi connectivity index (χ2v) is 16.9. The van der Waals surface area contributed by atoms with Gasteiger partial charge in [0, 0.05) is 66.0 Å². The van der Waals surface area contributed by atoms with Crippen LogP contribution < -0.4 is 11.1 Å². The number of aromatic nitrogens is 3. The van der Waals surface area contributed by atoms with Crippen LogP contribution in [0, 0.1) is 13.8 Å². The monoisotopic (exact) mass is 691 g/mol. The molecule has 3 aromatic heterocycles. The zero-order chi connectivity index (χ0) is 33.7. The van der Waals surface area contributed by atoms with E-state index in [1.165, 1.54) is 40.0 Å². The molecule has 5 heterocycles. The molecule has 0 amide bonds. The Kier molecular flexibility index (Phi) is 9.51. The number of nitrogens with two attached hydrogens (primary N) is 1. The number of hydrogen-bond acceptors (Lipinski definition) is 9. The highest BCUT2D eigenvalue weighted by atomic mass is 32.2. The summed E-state index contributed by atoms with van der Waals surface area (Å²) in [6.45, 7) is 11.7. The molecule has 0 radical (unpaired) electrons. The maximum absolute atomic E-state index is 13.0. The molecule has 2 aliphatic rings. The topological polar surface area (TPSA) is 109 Å². The summed E-state index contributed by atoms with van der Waals surface area (Å²) in [7, 11) is -2.98. The molecule has 47 heavy (non-hydrogen) atoms. The fraction of sp³-hybridized carbons (Fsp3) is 0.576. The maximum Gasteiger partial charge on any atom is 0.393 e. The number of halogens is 3. The van der Waals surface area contributed by atoms with E-state index in [2.05, 4.69) is 68.6 Å². The third-order valence-electron chi connectivity index (χ3n) is 9.98. The lowest BCUT2D eigenvalue weighted by atomic mass is 10.0. The van der Waals surface area contributed by atoms with E-state index in [1.54, 1.807) is 0 Å². The lowest BCUT2D eigenvalue weighted by molar-refractivity contribution is -0.126.